The number of likely N-dealkylation sites (N-methyl/N-ethyl adjacent to an activating group) is 1. The van der Waals surface area contributed by atoms with Crippen molar-refractivity contribution in [3.05, 3.63) is 97.2 Å². The molecule has 0 aliphatic carbocycles. The number of carbonyl (C=O) groups excluding carboxylic acids is 2. The van der Waals surface area contributed by atoms with Crippen LogP contribution < -0.4 is 0 Å². The summed E-state index contributed by atoms with van der Waals surface area (Å²) in [6.07, 6.45) is 95.3. The van der Waals surface area contributed by atoms with Gasteiger partial charge in [-0.15, -0.1) is 0 Å². The van der Waals surface area contributed by atoms with Crippen LogP contribution in [-0.4, -0.2) is 74.9 Å². The largest absolute Gasteiger partial charge is 0.472 e. The van der Waals surface area contributed by atoms with Gasteiger partial charge in [-0.2, -0.15) is 0 Å². The van der Waals surface area contributed by atoms with Gasteiger partial charge in [0.1, 0.15) is 19.8 Å². The third-order valence-electron chi connectivity index (χ3n) is 16.1. The first kappa shape index (κ1) is 84.9. The number of unbranched alkanes of at least 4 members (excludes halogenated alkanes) is 38. The number of carbonyl (C=O) groups is 2. The van der Waals surface area contributed by atoms with Crippen LogP contribution in [0.1, 0.15) is 335 Å². The van der Waals surface area contributed by atoms with Crippen molar-refractivity contribution < 1.29 is 42.1 Å². The van der Waals surface area contributed by atoms with Gasteiger partial charge in [0.25, 0.3) is 0 Å². The van der Waals surface area contributed by atoms with Gasteiger partial charge < -0.3 is 18.9 Å². The first-order chi connectivity index (χ1) is 43.0. The van der Waals surface area contributed by atoms with Gasteiger partial charge in [0.2, 0.25) is 0 Å². The summed E-state index contributed by atoms with van der Waals surface area (Å²) < 4.78 is 34.8. The predicted molar refractivity (Wildman–Crippen MR) is 381 cm³/mol. The zero-order valence-electron chi connectivity index (χ0n) is 58.2. The summed E-state index contributed by atoms with van der Waals surface area (Å²) in [7, 11) is 1.48. The van der Waals surface area contributed by atoms with Gasteiger partial charge in [0.05, 0.1) is 27.7 Å². The Balaban J connectivity index is 3.95. The minimum atomic E-state index is -4.39. The molecule has 9 nitrogen and oxygen atoms in total. The second kappa shape index (κ2) is 68.3. The Morgan fingerprint density at radius 3 is 0.966 bits per heavy atom. The van der Waals surface area contributed by atoms with Crippen LogP contribution in [0.2, 0.25) is 0 Å². The molecule has 2 atom stereocenters. The molecule has 0 aromatic rings. The zero-order valence-corrected chi connectivity index (χ0v) is 59.1. The van der Waals surface area contributed by atoms with Crippen LogP contribution in [0.5, 0.6) is 0 Å². The number of ether oxygens (including phenoxy) is 2. The van der Waals surface area contributed by atoms with Crippen molar-refractivity contribution in [3.63, 3.8) is 0 Å². The highest BCUT2D eigenvalue weighted by Crippen LogP contribution is 2.43. The van der Waals surface area contributed by atoms with E-state index in [2.05, 4.69) is 111 Å². The quantitative estimate of drug-likeness (QED) is 0.0211. The van der Waals surface area contributed by atoms with Gasteiger partial charge >= 0.3 is 19.8 Å². The Kier molecular flexibility index (Phi) is 65.9. The summed E-state index contributed by atoms with van der Waals surface area (Å²) in [6.45, 7) is 4.35. The van der Waals surface area contributed by atoms with Crippen LogP contribution in [0.4, 0.5) is 0 Å². The maximum atomic E-state index is 12.9. The Morgan fingerprint density at radius 2 is 0.648 bits per heavy atom. The van der Waals surface area contributed by atoms with Gasteiger partial charge in [-0.25, -0.2) is 4.57 Å². The average molecular weight is 1250 g/mol. The fourth-order valence-electron chi connectivity index (χ4n) is 10.5. The van der Waals surface area contributed by atoms with E-state index in [1.165, 1.54) is 225 Å². The number of hydrogen-bond acceptors (Lipinski definition) is 7. The summed E-state index contributed by atoms with van der Waals surface area (Å²) in [5, 5.41) is 0. The van der Waals surface area contributed by atoms with E-state index in [0.29, 0.717) is 17.4 Å². The Hall–Kier alpha value is -3.07. The number of allylic oxidation sites excluding steroid dienone is 16. The van der Waals surface area contributed by atoms with Crippen LogP contribution in [0.3, 0.4) is 0 Å². The van der Waals surface area contributed by atoms with Crippen molar-refractivity contribution in [2.24, 2.45) is 0 Å². The highest BCUT2D eigenvalue weighted by Gasteiger charge is 2.27. The molecule has 10 heteroatoms. The van der Waals surface area contributed by atoms with E-state index in [-0.39, 0.29) is 32.0 Å². The number of rotatable bonds is 68. The molecule has 0 aliphatic rings. The van der Waals surface area contributed by atoms with Gasteiger partial charge in [-0.1, -0.05) is 323 Å². The van der Waals surface area contributed by atoms with Crippen molar-refractivity contribution in [1.29, 1.82) is 0 Å². The third-order valence-corrected chi connectivity index (χ3v) is 17.1. The lowest BCUT2D eigenvalue weighted by atomic mass is 10.0. The molecule has 0 rings (SSSR count). The summed E-state index contributed by atoms with van der Waals surface area (Å²) in [5.74, 6) is -0.787. The summed E-state index contributed by atoms with van der Waals surface area (Å²) in [5.41, 5.74) is 0. The number of nitrogens with zero attached hydrogens (tertiary/aromatic N) is 1. The molecule has 0 amide bonds. The molecule has 0 spiro atoms. The van der Waals surface area contributed by atoms with Crippen LogP contribution >= 0.6 is 7.82 Å². The van der Waals surface area contributed by atoms with E-state index >= 15 is 0 Å². The number of quaternary nitrogens is 1. The van der Waals surface area contributed by atoms with E-state index in [0.717, 1.165) is 77.0 Å². The van der Waals surface area contributed by atoms with E-state index in [1.54, 1.807) is 0 Å². The fraction of sp³-hybridized carbons (Fsp3) is 0.769. The molecule has 510 valence electrons. The van der Waals surface area contributed by atoms with Crippen molar-refractivity contribution in [2.75, 3.05) is 47.5 Å². The van der Waals surface area contributed by atoms with Crippen LogP contribution in [0, 0.1) is 0 Å². The average Bonchev–Trinajstić information content (AvgIpc) is 3.58. The maximum Gasteiger partial charge on any atom is 0.472 e. The lowest BCUT2D eigenvalue weighted by molar-refractivity contribution is -0.870. The first-order valence-electron chi connectivity index (χ1n) is 37.0. The molecule has 1 N–H and O–H groups in total. The lowest BCUT2D eigenvalue weighted by Crippen LogP contribution is -2.37. The molecule has 0 radical (unpaired) electrons. The minimum absolute atomic E-state index is 0.0308. The van der Waals surface area contributed by atoms with Crippen molar-refractivity contribution in [2.45, 2.75) is 341 Å². The standard InChI is InChI=1S/C78H140NO8P/c1-6-8-10-12-14-16-18-20-22-24-26-28-30-31-32-33-34-35-36-37-38-39-40-41-42-43-44-45-46-47-49-51-53-55-57-59-61-63-65-67-69-71-78(81)87-76(75-86-88(82,83)85-73-72-79(3,4)5)74-84-77(80)70-68-66-64-62-60-58-56-54-52-50-48-29-27-25-23-21-19-17-15-13-11-9-7-2/h8,10,14,16,19-22,25-28,31-32,34-35,76H,6-7,9,11-13,15,17-18,23-24,29-30,33,36-75H2,1-5H3/p+1/b10-8-,16-14-,21-19-,22-20-,27-25-,28-26-,32-31-,35-34-. The van der Waals surface area contributed by atoms with E-state index in [4.69, 9.17) is 18.5 Å². The number of esters is 2. The topological polar surface area (TPSA) is 108 Å². The second-order valence-electron chi connectivity index (χ2n) is 25.9. The maximum absolute atomic E-state index is 12.9. The second-order valence-corrected chi connectivity index (χ2v) is 27.4. The Bertz CT molecular complexity index is 1810. The molecule has 0 saturated heterocycles. The van der Waals surface area contributed by atoms with Crippen molar-refractivity contribution in [3.8, 4) is 0 Å². The number of hydrogen-bond donors (Lipinski definition) is 1. The molecule has 88 heavy (non-hydrogen) atoms. The highest BCUT2D eigenvalue weighted by atomic mass is 31.2. The normalized spacial score (nSPS) is 13.7. The van der Waals surface area contributed by atoms with Crippen LogP contribution in [-0.2, 0) is 32.7 Å². The molecule has 0 heterocycles. The predicted octanol–water partition coefficient (Wildman–Crippen LogP) is 24.3. The van der Waals surface area contributed by atoms with Crippen molar-refractivity contribution >= 4 is 19.8 Å². The van der Waals surface area contributed by atoms with Crippen LogP contribution in [0.15, 0.2) is 97.2 Å². The summed E-state index contributed by atoms with van der Waals surface area (Å²) in [6, 6.07) is 0. The van der Waals surface area contributed by atoms with Gasteiger partial charge in [0, 0.05) is 12.8 Å². The molecule has 0 bridgehead atoms. The fourth-order valence-corrected chi connectivity index (χ4v) is 11.2. The van der Waals surface area contributed by atoms with Gasteiger partial charge in [-0.05, 0) is 96.3 Å². The first-order valence-corrected chi connectivity index (χ1v) is 38.5. The molecule has 0 saturated carbocycles. The molecular weight excluding hydrogens is 1110 g/mol. The summed E-state index contributed by atoms with van der Waals surface area (Å²) in [4.78, 5) is 35.9. The van der Waals surface area contributed by atoms with Gasteiger partial charge in [-0.3, -0.25) is 18.6 Å². The molecule has 0 aromatic heterocycles. The third kappa shape index (κ3) is 72.0. The molecule has 2 unspecified atom stereocenters. The van der Waals surface area contributed by atoms with E-state index in [1.807, 2.05) is 21.1 Å². The van der Waals surface area contributed by atoms with E-state index < -0.39 is 26.5 Å². The zero-order chi connectivity index (χ0) is 64.1. The Morgan fingerprint density at radius 1 is 0.364 bits per heavy atom. The molecular formula is C78H141NO8P+. The Labute approximate surface area is 544 Å². The monoisotopic (exact) mass is 1250 g/mol. The SMILES string of the molecule is CC/C=C\C/C=C\C/C=C\C/C=C\C/C=C\C/C=C\CCCCCCCCCCCCCCCCCCCCCCCCC(=O)OC(COC(=O)CCCCCCCCCCCCC/C=C\C/C=C\CCCCCCC)COP(=O)(O)OCC[N+](C)(C)C. The van der Waals surface area contributed by atoms with Crippen LogP contribution in [0.25, 0.3) is 0 Å². The lowest BCUT2D eigenvalue weighted by Gasteiger charge is -2.24. The number of phosphoric acid groups is 1. The number of phosphoric ester groups is 1. The van der Waals surface area contributed by atoms with Crippen molar-refractivity contribution in [1.82, 2.24) is 0 Å². The highest BCUT2D eigenvalue weighted by molar-refractivity contribution is 7.47. The molecule has 0 aliphatic heterocycles. The van der Waals surface area contributed by atoms with E-state index in [9.17, 15) is 19.0 Å². The minimum Gasteiger partial charge on any atom is -0.462 e. The van der Waals surface area contributed by atoms with Gasteiger partial charge in [0.15, 0.2) is 6.10 Å². The molecule has 0 fully saturated rings. The molecule has 0 aromatic carbocycles. The summed E-state index contributed by atoms with van der Waals surface area (Å²) >= 11 is 0. The smallest absolute Gasteiger partial charge is 0.462 e.